The second-order valence-electron chi connectivity index (χ2n) is 3.51. The Bertz CT molecular complexity index is 498. The summed E-state index contributed by atoms with van der Waals surface area (Å²) in [5.41, 5.74) is 0. The molecule has 0 amide bonds. The molecule has 102 valence electrons. The van der Waals surface area contributed by atoms with Gasteiger partial charge in [0.25, 0.3) is 0 Å². The molecule has 9 heteroatoms. The highest BCUT2D eigenvalue weighted by atomic mass is 32.2. The van der Waals surface area contributed by atoms with Crippen molar-refractivity contribution in [1.29, 1.82) is 0 Å². The van der Waals surface area contributed by atoms with Crippen molar-refractivity contribution in [2.24, 2.45) is 0 Å². The van der Waals surface area contributed by atoms with E-state index in [1.165, 1.54) is 6.20 Å². The van der Waals surface area contributed by atoms with Crippen LogP contribution in [0.15, 0.2) is 17.3 Å². The molecule has 0 aliphatic heterocycles. The number of thioether (sulfide) groups is 1. The predicted octanol–water partition coefficient (Wildman–Crippen LogP) is -0.000900. The molecular weight excluding hydrogens is 278 g/mol. The quantitative estimate of drug-likeness (QED) is 0.654. The lowest BCUT2D eigenvalue weighted by atomic mass is 10.5. The van der Waals surface area contributed by atoms with Gasteiger partial charge in [-0.25, -0.2) is 13.1 Å². The van der Waals surface area contributed by atoms with E-state index in [0.29, 0.717) is 6.54 Å². The number of hydrogen-bond acceptors (Lipinski definition) is 5. The van der Waals surface area contributed by atoms with Crippen LogP contribution in [0.25, 0.3) is 0 Å². The third kappa shape index (κ3) is 4.67. The number of carbonyl (C=O) groups is 1. The third-order valence-electron chi connectivity index (χ3n) is 2.03. The average Bonchev–Trinajstić information content (AvgIpc) is 2.73. The van der Waals surface area contributed by atoms with Crippen molar-refractivity contribution in [2.45, 2.75) is 17.9 Å². The SMILES string of the molecule is CSCCCNS(=O)(=O)c1cnn(CC(=O)O)c1. The number of carboxylic acid groups (broad SMARTS) is 1. The summed E-state index contributed by atoms with van der Waals surface area (Å²) in [5, 5.41) is 12.2. The standard InChI is InChI=1S/C9H15N3O4S2/c1-17-4-2-3-11-18(15,16)8-5-10-12(6-8)7-9(13)14/h5-6,11H,2-4,7H2,1H3,(H,13,14). The van der Waals surface area contributed by atoms with Crippen LogP contribution in [0.3, 0.4) is 0 Å². The van der Waals surface area contributed by atoms with Crippen molar-refractivity contribution in [1.82, 2.24) is 14.5 Å². The molecule has 7 nitrogen and oxygen atoms in total. The Morgan fingerprint density at radius 3 is 2.94 bits per heavy atom. The summed E-state index contributed by atoms with van der Waals surface area (Å²) in [5.74, 6) is -0.198. The van der Waals surface area contributed by atoms with E-state index < -0.39 is 16.0 Å². The van der Waals surface area contributed by atoms with Crippen molar-refractivity contribution in [3.05, 3.63) is 12.4 Å². The first-order chi connectivity index (χ1) is 8.45. The molecule has 0 aliphatic rings. The van der Waals surface area contributed by atoms with Crippen molar-refractivity contribution in [3.63, 3.8) is 0 Å². The fraction of sp³-hybridized carbons (Fsp3) is 0.556. The van der Waals surface area contributed by atoms with Crippen molar-refractivity contribution >= 4 is 27.8 Å². The van der Waals surface area contributed by atoms with Gasteiger partial charge in [-0.2, -0.15) is 16.9 Å². The van der Waals surface area contributed by atoms with Crippen LogP contribution in [0.1, 0.15) is 6.42 Å². The number of sulfonamides is 1. The van der Waals surface area contributed by atoms with E-state index in [0.717, 1.165) is 23.1 Å². The summed E-state index contributed by atoms with van der Waals surface area (Å²) in [6.45, 7) is -0.00468. The van der Waals surface area contributed by atoms with Gasteiger partial charge in [0.1, 0.15) is 11.4 Å². The van der Waals surface area contributed by atoms with Crippen LogP contribution >= 0.6 is 11.8 Å². The lowest BCUT2D eigenvalue weighted by molar-refractivity contribution is -0.137. The highest BCUT2D eigenvalue weighted by molar-refractivity contribution is 7.98. The Balaban J connectivity index is 2.61. The Hall–Kier alpha value is -1.06. The fourth-order valence-electron chi connectivity index (χ4n) is 1.21. The molecule has 0 fully saturated rings. The molecule has 0 spiro atoms. The molecule has 0 atom stereocenters. The lowest BCUT2D eigenvalue weighted by Crippen LogP contribution is -2.24. The molecule has 1 heterocycles. The topological polar surface area (TPSA) is 101 Å². The van der Waals surface area contributed by atoms with E-state index in [4.69, 9.17) is 5.11 Å². The van der Waals surface area contributed by atoms with Crippen molar-refractivity contribution in [3.8, 4) is 0 Å². The Morgan fingerprint density at radius 2 is 2.33 bits per heavy atom. The maximum absolute atomic E-state index is 11.8. The van der Waals surface area contributed by atoms with Gasteiger partial charge in [0, 0.05) is 12.7 Å². The summed E-state index contributed by atoms with van der Waals surface area (Å²) in [6.07, 6.45) is 5.03. The van der Waals surface area contributed by atoms with E-state index in [-0.39, 0.29) is 11.4 Å². The molecule has 1 aromatic rings. The minimum absolute atomic E-state index is 0.0205. The summed E-state index contributed by atoms with van der Waals surface area (Å²) < 4.78 is 27.1. The maximum atomic E-state index is 11.8. The number of nitrogens with zero attached hydrogens (tertiary/aromatic N) is 2. The second-order valence-corrected chi connectivity index (χ2v) is 6.26. The van der Waals surface area contributed by atoms with Gasteiger partial charge in [-0.3, -0.25) is 9.48 Å². The molecule has 0 saturated heterocycles. The normalized spacial score (nSPS) is 11.6. The molecule has 0 saturated carbocycles. The first-order valence-electron chi connectivity index (χ1n) is 5.18. The van der Waals surface area contributed by atoms with Crippen LogP contribution in [0, 0.1) is 0 Å². The van der Waals surface area contributed by atoms with Crippen LogP contribution in [-0.4, -0.2) is 47.8 Å². The van der Waals surface area contributed by atoms with Gasteiger partial charge in [0.15, 0.2) is 0 Å². The lowest BCUT2D eigenvalue weighted by Gasteiger charge is -2.03. The van der Waals surface area contributed by atoms with E-state index in [9.17, 15) is 13.2 Å². The van der Waals surface area contributed by atoms with Gasteiger partial charge in [-0.05, 0) is 18.4 Å². The summed E-state index contributed by atoms with van der Waals surface area (Å²) in [7, 11) is -3.59. The molecule has 2 N–H and O–H groups in total. The minimum atomic E-state index is -3.59. The zero-order chi connectivity index (χ0) is 13.6. The van der Waals surface area contributed by atoms with E-state index >= 15 is 0 Å². The number of aliphatic carboxylic acids is 1. The number of rotatable bonds is 8. The Labute approximate surface area is 110 Å². The van der Waals surface area contributed by atoms with E-state index in [1.54, 1.807) is 11.8 Å². The maximum Gasteiger partial charge on any atom is 0.325 e. The molecule has 0 radical (unpaired) electrons. The zero-order valence-electron chi connectivity index (χ0n) is 9.87. The smallest absolute Gasteiger partial charge is 0.325 e. The van der Waals surface area contributed by atoms with Crippen LogP contribution in [-0.2, 0) is 21.4 Å². The minimum Gasteiger partial charge on any atom is -0.480 e. The summed E-state index contributed by atoms with van der Waals surface area (Å²) in [4.78, 5) is 10.4. The van der Waals surface area contributed by atoms with Gasteiger partial charge in [-0.1, -0.05) is 0 Å². The first kappa shape index (κ1) is 15.0. The zero-order valence-corrected chi connectivity index (χ0v) is 11.5. The average molecular weight is 293 g/mol. The molecule has 18 heavy (non-hydrogen) atoms. The molecule has 1 rings (SSSR count). The fourth-order valence-corrected chi connectivity index (χ4v) is 2.67. The largest absolute Gasteiger partial charge is 0.480 e. The molecule has 0 aromatic carbocycles. The van der Waals surface area contributed by atoms with Crippen LogP contribution in [0.5, 0.6) is 0 Å². The van der Waals surface area contributed by atoms with E-state index in [2.05, 4.69) is 9.82 Å². The predicted molar refractivity (Wildman–Crippen MR) is 68.1 cm³/mol. The first-order valence-corrected chi connectivity index (χ1v) is 8.06. The van der Waals surface area contributed by atoms with Crippen LogP contribution in [0.4, 0.5) is 0 Å². The second kappa shape index (κ2) is 6.76. The summed E-state index contributed by atoms with van der Waals surface area (Å²) >= 11 is 1.64. The van der Waals surface area contributed by atoms with Gasteiger partial charge < -0.3 is 5.11 Å². The third-order valence-corrected chi connectivity index (χ3v) is 4.15. The highest BCUT2D eigenvalue weighted by Gasteiger charge is 2.16. The van der Waals surface area contributed by atoms with Crippen molar-refractivity contribution in [2.75, 3.05) is 18.6 Å². The molecule has 0 unspecified atom stereocenters. The van der Waals surface area contributed by atoms with Gasteiger partial charge in [0.05, 0.1) is 6.20 Å². The number of nitrogens with one attached hydrogen (secondary N) is 1. The highest BCUT2D eigenvalue weighted by Crippen LogP contribution is 2.07. The van der Waals surface area contributed by atoms with Crippen LogP contribution < -0.4 is 4.72 Å². The monoisotopic (exact) mass is 293 g/mol. The Kier molecular flexibility index (Phi) is 5.63. The van der Waals surface area contributed by atoms with Gasteiger partial charge in [-0.15, -0.1) is 0 Å². The van der Waals surface area contributed by atoms with E-state index in [1.807, 2.05) is 6.26 Å². The number of aromatic nitrogens is 2. The summed E-state index contributed by atoms with van der Waals surface area (Å²) in [6, 6.07) is 0. The van der Waals surface area contributed by atoms with Crippen LogP contribution in [0.2, 0.25) is 0 Å². The molecular formula is C9H15N3O4S2. The molecule has 0 bridgehead atoms. The number of hydrogen-bond donors (Lipinski definition) is 2. The van der Waals surface area contributed by atoms with Gasteiger partial charge >= 0.3 is 5.97 Å². The number of carboxylic acids is 1. The molecule has 0 aliphatic carbocycles. The Morgan fingerprint density at radius 1 is 1.61 bits per heavy atom. The molecule has 1 aromatic heterocycles. The van der Waals surface area contributed by atoms with Gasteiger partial charge in [0.2, 0.25) is 10.0 Å². The van der Waals surface area contributed by atoms with Crippen molar-refractivity contribution < 1.29 is 18.3 Å².